The summed E-state index contributed by atoms with van der Waals surface area (Å²) in [5, 5.41) is 0. The first-order valence-electron chi connectivity index (χ1n) is 28.0. The molecule has 7 aliphatic rings. The minimum Gasteiger partial charge on any atom is -0.313 e. The lowest BCUT2D eigenvalue weighted by Crippen LogP contribution is -2.25. The Balaban J connectivity index is 0.00000340. The summed E-state index contributed by atoms with van der Waals surface area (Å²) in [4.78, 5) is 17.7. The van der Waals surface area contributed by atoms with Gasteiger partial charge in [-0.2, -0.15) is 0 Å². The number of allylic oxidation sites excluding steroid dienone is 37. The van der Waals surface area contributed by atoms with Gasteiger partial charge in [0.25, 0.3) is 0 Å². The molecule has 3 aromatic carbocycles. The number of aromatic nitrogens is 3. The van der Waals surface area contributed by atoms with Crippen LogP contribution in [-0.2, 0) is 0 Å². The highest BCUT2D eigenvalue weighted by Gasteiger charge is 2.28. The van der Waals surface area contributed by atoms with E-state index in [0.29, 0.717) is 18.1 Å². The van der Waals surface area contributed by atoms with Gasteiger partial charge in [0.05, 0.1) is 5.69 Å². The molecule has 0 spiro atoms. The molecule has 1 unspecified atom stereocenters. The van der Waals surface area contributed by atoms with Gasteiger partial charge in [-0.1, -0.05) is 240 Å². The first kappa shape index (κ1) is 52.7. The van der Waals surface area contributed by atoms with Crippen molar-refractivity contribution >= 4 is 44.7 Å². The fourth-order valence-electron chi connectivity index (χ4n) is 10.8. The lowest BCUT2D eigenvalue weighted by Gasteiger charge is -2.35. The second kappa shape index (κ2) is 25.0. The van der Waals surface area contributed by atoms with Crippen LogP contribution in [0.2, 0.25) is 0 Å². The van der Waals surface area contributed by atoms with Gasteiger partial charge in [-0.15, -0.1) is 0 Å². The maximum Gasteiger partial charge on any atom is 0.163 e. The summed E-state index contributed by atoms with van der Waals surface area (Å²) >= 11 is 0. The molecule has 2 heterocycles. The van der Waals surface area contributed by atoms with Crippen molar-refractivity contribution in [1.82, 2.24) is 15.0 Å². The van der Waals surface area contributed by atoms with Crippen LogP contribution in [0.15, 0.2) is 271 Å². The minimum atomic E-state index is 0.0115. The summed E-state index contributed by atoms with van der Waals surface area (Å²) in [6.07, 6.45) is 64.1. The largest absolute Gasteiger partial charge is 0.313 e. The first-order chi connectivity index (χ1) is 38.4. The third-order valence-corrected chi connectivity index (χ3v) is 14.8. The van der Waals surface area contributed by atoms with E-state index in [1.165, 1.54) is 83.8 Å². The third-order valence-electron chi connectivity index (χ3n) is 14.8. The smallest absolute Gasteiger partial charge is 0.163 e. The van der Waals surface area contributed by atoms with Crippen molar-refractivity contribution < 1.29 is 0 Å². The fourth-order valence-corrected chi connectivity index (χ4v) is 10.8. The molecule has 386 valence electrons. The van der Waals surface area contributed by atoms with Crippen LogP contribution in [0, 0.1) is 0 Å². The highest BCUT2D eigenvalue weighted by molar-refractivity contribution is 5.95. The number of hydrogen-bond acceptors (Lipinski definition) is 4. The lowest BCUT2D eigenvalue weighted by molar-refractivity contribution is 0.801. The SMILES string of the molecule is C=C1/C=C(C)\C=C/CC2=C(C=C(C3=CC=CC(c4cccc(C5=CC=C6CC(=C5)c5ccccc5N6C5=CC=C(c6nc(C7=CCC=CC=C7)nc(C(C)/C=C\C=C/CC)n6)CC=C5)c4)=CC3)CC=C2)c2ccccc21.CC. The van der Waals surface area contributed by atoms with E-state index in [4.69, 9.17) is 15.0 Å². The van der Waals surface area contributed by atoms with E-state index in [2.05, 4.69) is 263 Å². The van der Waals surface area contributed by atoms with E-state index in [1.54, 1.807) is 0 Å². The van der Waals surface area contributed by atoms with Gasteiger partial charge in [-0.25, -0.2) is 15.0 Å². The van der Waals surface area contributed by atoms with Gasteiger partial charge in [0.15, 0.2) is 11.6 Å². The maximum atomic E-state index is 5.13. The molecule has 1 aliphatic heterocycles. The summed E-state index contributed by atoms with van der Waals surface area (Å²) in [5.41, 5.74) is 22.9. The molecule has 0 N–H and O–H groups in total. The van der Waals surface area contributed by atoms with E-state index in [1.807, 2.05) is 13.8 Å². The number of nitrogens with zero attached hydrogens (tertiary/aromatic N) is 4. The first-order valence-corrected chi connectivity index (χ1v) is 28.0. The monoisotopic (exact) mass is 1010 g/mol. The summed E-state index contributed by atoms with van der Waals surface area (Å²) in [6.45, 7) is 14.9. The summed E-state index contributed by atoms with van der Waals surface area (Å²) < 4.78 is 0. The Hall–Kier alpha value is -8.73. The van der Waals surface area contributed by atoms with Crippen molar-refractivity contribution in [2.24, 2.45) is 0 Å². The third kappa shape index (κ3) is 11.9. The highest BCUT2D eigenvalue weighted by Crippen LogP contribution is 2.46. The van der Waals surface area contributed by atoms with Crippen LogP contribution < -0.4 is 4.90 Å². The number of rotatable bonds is 10. The second-order valence-corrected chi connectivity index (χ2v) is 20.2. The van der Waals surface area contributed by atoms with Crippen molar-refractivity contribution in [1.29, 1.82) is 0 Å². The molecule has 6 aliphatic carbocycles. The molecule has 4 nitrogen and oxygen atoms in total. The molecule has 0 saturated heterocycles. The van der Waals surface area contributed by atoms with Crippen LogP contribution in [0.4, 0.5) is 5.69 Å². The second-order valence-electron chi connectivity index (χ2n) is 20.2. The zero-order valence-electron chi connectivity index (χ0n) is 46.0. The summed E-state index contributed by atoms with van der Waals surface area (Å²) in [6, 6.07) is 26.6. The molecule has 0 saturated carbocycles. The molecule has 4 aromatic rings. The van der Waals surface area contributed by atoms with E-state index >= 15 is 0 Å². The Morgan fingerprint density at radius 2 is 1.37 bits per heavy atom. The van der Waals surface area contributed by atoms with E-state index in [0.717, 1.165) is 66.8 Å². The maximum absolute atomic E-state index is 5.13. The van der Waals surface area contributed by atoms with Crippen LogP contribution in [0.5, 0.6) is 0 Å². The normalized spacial score (nSPS) is 19.4. The zero-order chi connectivity index (χ0) is 53.8. The van der Waals surface area contributed by atoms with Crippen LogP contribution in [-0.4, -0.2) is 15.0 Å². The average molecular weight is 1020 g/mol. The number of para-hydroxylation sites is 1. The van der Waals surface area contributed by atoms with Crippen LogP contribution in [0.3, 0.4) is 0 Å². The Morgan fingerprint density at radius 1 is 0.603 bits per heavy atom. The van der Waals surface area contributed by atoms with Crippen molar-refractivity contribution in [3.8, 4) is 0 Å². The number of anilines is 1. The van der Waals surface area contributed by atoms with Gasteiger partial charge >= 0.3 is 0 Å². The quantitative estimate of drug-likeness (QED) is 0.148. The molecule has 1 atom stereocenters. The van der Waals surface area contributed by atoms with Gasteiger partial charge in [-0.3, -0.25) is 0 Å². The molecule has 2 bridgehead atoms. The van der Waals surface area contributed by atoms with Gasteiger partial charge in [0, 0.05) is 40.4 Å². The number of benzene rings is 3. The molecule has 78 heavy (non-hydrogen) atoms. The topological polar surface area (TPSA) is 41.9 Å². The summed E-state index contributed by atoms with van der Waals surface area (Å²) in [7, 11) is 0. The Bertz CT molecular complexity index is 3650. The van der Waals surface area contributed by atoms with Gasteiger partial charge in [-0.05, 0) is 143 Å². The predicted octanol–water partition coefficient (Wildman–Crippen LogP) is 19.5. The lowest BCUT2D eigenvalue weighted by atomic mass is 9.88. The van der Waals surface area contributed by atoms with Crippen LogP contribution in [0.25, 0.3) is 39.0 Å². The average Bonchev–Trinajstić information content (AvgIpc) is 4.17. The van der Waals surface area contributed by atoms with Crippen molar-refractivity contribution in [2.45, 2.75) is 85.5 Å². The van der Waals surface area contributed by atoms with E-state index in [-0.39, 0.29) is 5.92 Å². The molecule has 0 fully saturated rings. The van der Waals surface area contributed by atoms with Crippen LogP contribution >= 0.6 is 0 Å². The van der Waals surface area contributed by atoms with E-state index < -0.39 is 0 Å². The molecular weight excluding hydrogens is 945 g/mol. The zero-order valence-corrected chi connectivity index (χ0v) is 46.0. The van der Waals surface area contributed by atoms with Crippen LogP contribution in [0.1, 0.15) is 131 Å². The standard InChI is InChI=1S/C72H64N4.C2H6/c1-5-6-7-10-23-51(3)70-73-71(56-24-11-8-9-12-25-56)75-72(74-70)57-30-21-34-63(43-41-57)76-64-44-42-61(47-62(48-64)66-36-15-16-38-69(66)76)59-32-20-31-58(46-59)53-26-18-27-54(40-39-53)60-33-19-29-55-28-17-22-50(2)45-52(4)65-35-13-14-37-67(65)68(55)49-60;1-2/h6-11,13-27,29,31-32,34-39,41-47,49,51H,4-5,12,28,30,33,40,48H2,1-3H3;1-2H3/b7-6-,22-17-,23-10-,50-45-;. The molecular formula is C74H70N4. The van der Waals surface area contributed by atoms with E-state index in [9.17, 15) is 0 Å². The predicted molar refractivity (Wildman–Crippen MR) is 334 cm³/mol. The Morgan fingerprint density at radius 3 is 2.24 bits per heavy atom. The minimum absolute atomic E-state index is 0.0115. The van der Waals surface area contributed by atoms with Crippen molar-refractivity contribution in [3.63, 3.8) is 0 Å². The van der Waals surface area contributed by atoms with Crippen molar-refractivity contribution in [3.05, 3.63) is 316 Å². The summed E-state index contributed by atoms with van der Waals surface area (Å²) in [5.74, 6) is 2.19. The molecule has 0 radical (unpaired) electrons. The molecule has 0 amide bonds. The fraction of sp³-hybridized carbons (Fsp3) is 0.176. The Kier molecular flexibility index (Phi) is 16.9. The van der Waals surface area contributed by atoms with Crippen molar-refractivity contribution in [2.75, 3.05) is 4.90 Å². The van der Waals surface area contributed by atoms with Gasteiger partial charge in [0.1, 0.15) is 5.82 Å². The van der Waals surface area contributed by atoms with Gasteiger partial charge in [0.2, 0.25) is 0 Å². The molecule has 4 heteroatoms. The number of hydrogen-bond donors (Lipinski definition) is 0. The Labute approximate surface area is 464 Å². The highest BCUT2D eigenvalue weighted by atomic mass is 15.2. The van der Waals surface area contributed by atoms with Gasteiger partial charge < -0.3 is 4.90 Å². The molecule has 1 aromatic heterocycles. The number of fused-ring (bicyclic) bond motifs is 6. The molecule has 11 rings (SSSR count).